The van der Waals surface area contributed by atoms with E-state index in [9.17, 15) is 8.42 Å². The zero-order valence-electron chi connectivity index (χ0n) is 9.66. The minimum absolute atomic E-state index is 0.0303. The average Bonchev–Trinajstić information content (AvgIpc) is 2.32. The SMILES string of the molecule is Cc1ccc(NS(=O)(=O)c2cnc(N)nc2)cc1. The summed E-state index contributed by atoms with van der Waals surface area (Å²) in [6.45, 7) is 1.92. The molecule has 0 radical (unpaired) electrons. The zero-order chi connectivity index (χ0) is 13.2. The summed E-state index contributed by atoms with van der Waals surface area (Å²) in [4.78, 5) is 7.27. The summed E-state index contributed by atoms with van der Waals surface area (Å²) in [5.74, 6) is 0.0317. The molecular formula is C11H12N4O2S. The molecule has 0 aliphatic carbocycles. The van der Waals surface area contributed by atoms with Crippen molar-refractivity contribution in [2.75, 3.05) is 10.5 Å². The van der Waals surface area contributed by atoms with Crippen LogP contribution in [-0.2, 0) is 10.0 Å². The Morgan fingerprint density at radius 1 is 1.11 bits per heavy atom. The number of aryl methyl sites for hydroxylation is 1. The molecule has 3 N–H and O–H groups in total. The Balaban J connectivity index is 2.27. The van der Waals surface area contributed by atoms with Gasteiger partial charge in [0.15, 0.2) is 0 Å². The third-order valence-corrected chi connectivity index (χ3v) is 3.60. The Hall–Kier alpha value is -2.15. The van der Waals surface area contributed by atoms with Gasteiger partial charge in [-0.05, 0) is 19.1 Å². The number of nitrogens with two attached hydrogens (primary N) is 1. The lowest BCUT2D eigenvalue weighted by Crippen LogP contribution is -2.14. The van der Waals surface area contributed by atoms with Crippen LogP contribution in [0.1, 0.15) is 5.56 Å². The molecule has 7 heteroatoms. The standard InChI is InChI=1S/C11H12N4O2S/c1-8-2-4-9(5-3-8)15-18(16,17)10-6-13-11(12)14-7-10/h2-7,15H,1H3,(H2,12,13,14). The molecule has 6 nitrogen and oxygen atoms in total. The van der Waals surface area contributed by atoms with Crippen molar-refractivity contribution in [1.82, 2.24) is 9.97 Å². The Labute approximate surface area is 105 Å². The molecule has 2 aromatic rings. The molecule has 0 aliphatic rings. The molecule has 1 aromatic carbocycles. The smallest absolute Gasteiger partial charge is 0.264 e. The molecule has 0 aliphatic heterocycles. The molecule has 2 rings (SSSR count). The highest BCUT2D eigenvalue weighted by molar-refractivity contribution is 7.92. The van der Waals surface area contributed by atoms with E-state index in [1.165, 1.54) is 12.4 Å². The Bertz CT molecular complexity index is 636. The third-order valence-electron chi connectivity index (χ3n) is 2.26. The number of nitrogen functional groups attached to an aromatic ring is 1. The molecular weight excluding hydrogens is 252 g/mol. The minimum atomic E-state index is -3.67. The van der Waals surface area contributed by atoms with Gasteiger partial charge in [-0.15, -0.1) is 0 Å². The van der Waals surface area contributed by atoms with Crippen LogP contribution in [0.5, 0.6) is 0 Å². The fraction of sp³-hybridized carbons (Fsp3) is 0.0909. The van der Waals surface area contributed by atoms with Crippen LogP contribution in [0.15, 0.2) is 41.6 Å². The number of anilines is 2. The van der Waals surface area contributed by atoms with Gasteiger partial charge < -0.3 is 5.73 Å². The van der Waals surface area contributed by atoms with E-state index in [1.54, 1.807) is 12.1 Å². The zero-order valence-corrected chi connectivity index (χ0v) is 10.5. The van der Waals surface area contributed by atoms with E-state index in [2.05, 4.69) is 14.7 Å². The van der Waals surface area contributed by atoms with Crippen LogP contribution in [0.25, 0.3) is 0 Å². The average molecular weight is 264 g/mol. The van der Waals surface area contributed by atoms with Gasteiger partial charge in [-0.3, -0.25) is 4.72 Å². The van der Waals surface area contributed by atoms with Gasteiger partial charge in [0.05, 0.1) is 12.4 Å². The van der Waals surface area contributed by atoms with Crippen molar-refractivity contribution in [1.29, 1.82) is 0 Å². The summed E-state index contributed by atoms with van der Waals surface area (Å²) < 4.78 is 26.4. The number of hydrogen-bond donors (Lipinski definition) is 2. The maximum Gasteiger partial charge on any atom is 0.264 e. The van der Waals surface area contributed by atoms with Gasteiger partial charge in [0.2, 0.25) is 5.95 Å². The summed E-state index contributed by atoms with van der Waals surface area (Å²) in [5.41, 5.74) is 6.84. The highest BCUT2D eigenvalue weighted by Gasteiger charge is 2.14. The molecule has 0 amide bonds. The number of nitrogens with zero attached hydrogens (tertiary/aromatic N) is 2. The van der Waals surface area contributed by atoms with Gasteiger partial charge in [0.1, 0.15) is 4.90 Å². The summed E-state index contributed by atoms with van der Waals surface area (Å²) in [6, 6.07) is 7.00. The largest absolute Gasteiger partial charge is 0.368 e. The highest BCUT2D eigenvalue weighted by atomic mass is 32.2. The maximum absolute atomic E-state index is 12.0. The molecule has 0 saturated carbocycles. The van der Waals surface area contributed by atoms with E-state index >= 15 is 0 Å². The summed E-state index contributed by atoms with van der Waals surface area (Å²) in [5, 5.41) is 0. The van der Waals surface area contributed by atoms with Gasteiger partial charge in [0, 0.05) is 5.69 Å². The molecule has 0 unspecified atom stereocenters. The predicted octanol–water partition coefficient (Wildman–Crippen LogP) is 1.17. The second-order valence-electron chi connectivity index (χ2n) is 3.75. The molecule has 0 fully saturated rings. The molecule has 0 saturated heterocycles. The number of hydrogen-bond acceptors (Lipinski definition) is 5. The van der Waals surface area contributed by atoms with Crippen molar-refractivity contribution in [3.8, 4) is 0 Å². The number of sulfonamides is 1. The van der Waals surface area contributed by atoms with Gasteiger partial charge in [-0.25, -0.2) is 18.4 Å². The number of rotatable bonds is 3. The van der Waals surface area contributed by atoms with Gasteiger partial charge in [-0.1, -0.05) is 17.7 Å². The fourth-order valence-corrected chi connectivity index (χ4v) is 2.25. The number of nitrogens with one attached hydrogen (secondary N) is 1. The quantitative estimate of drug-likeness (QED) is 0.867. The van der Waals surface area contributed by atoms with Crippen molar-refractivity contribution >= 4 is 21.7 Å². The lowest BCUT2D eigenvalue weighted by atomic mass is 10.2. The van der Waals surface area contributed by atoms with Gasteiger partial charge >= 0.3 is 0 Å². The van der Waals surface area contributed by atoms with Crippen LogP contribution in [0.4, 0.5) is 11.6 Å². The molecule has 18 heavy (non-hydrogen) atoms. The van der Waals surface area contributed by atoms with Crippen LogP contribution in [0.3, 0.4) is 0 Å². The Morgan fingerprint density at radius 3 is 2.22 bits per heavy atom. The number of aromatic nitrogens is 2. The van der Waals surface area contributed by atoms with E-state index in [-0.39, 0.29) is 10.8 Å². The molecule has 0 spiro atoms. The predicted molar refractivity (Wildman–Crippen MR) is 68.4 cm³/mol. The monoisotopic (exact) mass is 264 g/mol. The van der Waals surface area contributed by atoms with Crippen molar-refractivity contribution < 1.29 is 8.42 Å². The van der Waals surface area contributed by atoms with Gasteiger partial charge in [-0.2, -0.15) is 0 Å². The first-order chi connectivity index (χ1) is 8.47. The van der Waals surface area contributed by atoms with E-state index in [4.69, 9.17) is 5.73 Å². The first-order valence-electron chi connectivity index (χ1n) is 5.14. The molecule has 94 valence electrons. The Morgan fingerprint density at radius 2 is 1.67 bits per heavy atom. The van der Waals surface area contributed by atoms with E-state index in [0.29, 0.717) is 5.69 Å². The second kappa shape index (κ2) is 4.61. The summed E-state index contributed by atoms with van der Waals surface area (Å²) in [6.07, 6.45) is 2.33. The lowest BCUT2D eigenvalue weighted by Gasteiger charge is -2.07. The molecule has 0 bridgehead atoms. The molecule has 1 heterocycles. The third kappa shape index (κ3) is 2.75. The minimum Gasteiger partial charge on any atom is -0.368 e. The summed E-state index contributed by atoms with van der Waals surface area (Å²) in [7, 11) is -3.67. The maximum atomic E-state index is 12.0. The lowest BCUT2D eigenvalue weighted by molar-refractivity contribution is 0.600. The second-order valence-corrected chi connectivity index (χ2v) is 5.43. The van der Waals surface area contributed by atoms with E-state index < -0.39 is 10.0 Å². The van der Waals surface area contributed by atoms with Crippen LogP contribution in [0.2, 0.25) is 0 Å². The Kier molecular flexibility index (Phi) is 3.15. The van der Waals surface area contributed by atoms with Crippen LogP contribution >= 0.6 is 0 Å². The summed E-state index contributed by atoms with van der Waals surface area (Å²) >= 11 is 0. The molecule has 1 aromatic heterocycles. The van der Waals surface area contributed by atoms with Crippen LogP contribution < -0.4 is 10.5 Å². The van der Waals surface area contributed by atoms with Crippen molar-refractivity contribution in [2.24, 2.45) is 0 Å². The van der Waals surface area contributed by atoms with E-state index in [1.807, 2.05) is 19.1 Å². The highest BCUT2D eigenvalue weighted by Crippen LogP contribution is 2.15. The van der Waals surface area contributed by atoms with Crippen molar-refractivity contribution in [2.45, 2.75) is 11.8 Å². The van der Waals surface area contributed by atoms with Crippen LogP contribution in [-0.4, -0.2) is 18.4 Å². The fourth-order valence-electron chi connectivity index (χ4n) is 1.30. The number of benzene rings is 1. The first kappa shape index (κ1) is 12.3. The van der Waals surface area contributed by atoms with E-state index in [0.717, 1.165) is 5.56 Å². The van der Waals surface area contributed by atoms with Crippen LogP contribution in [0, 0.1) is 6.92 Å². The van der Waals surface area contributed by atoms with Crippen molar-refractivity contribution in [3.05, 3.63) is 42.2 Å². The van der Waals surface area contributed by atoms with Crippen molar-refractivity contribution in [3.63, 3.8) is 0 Å². The topological polar surface area (TPSA) is 98.0 Å². The first-order valence-corrected chi connectivity index (χ1v) is 6.63. The normalized spacial score (nSPS) is 11.2. The van der Waals surface area contributed by atoms with Gasteiger partial charge in [0.25, 0.3) is 10.0 Å². The molecule has 0 atom stereocenters.